The SMILES string of the molecule is CCc1oc(C(=O)N(CC(O)c2ccc(F)cc2)C2CC2)cc1C. The highest BCUT2D eigenvalue weighted by Gasteiger charge is 2.35. The number of carbonyl (C=O) groups is 1. The van der Waals surface area contributed by atoms with Crippen LogP contribution in [-0.2, 0) is 6.42 Å². The van der Waals surface area contributed by atoms with Crippen molar-refractivity contribution in [2.24, 2.45) is 0 Å². The number of nitrogens with zero attached hydrogens (tertiary/aromatic N) is 1. The molecule has 1 aromatic carbocycles. The topological polar surface area (TPSA) is 53.7 Å². The summed E-state index contributed by atoms with van der Waals surface area (Å²) in [5.41, 5.74) is 1.57. The molecule has 1 unspecified atom stereocenters. The molecule has 0 bridgehead atoms. The minimum Gasteiger partial charge on any atom is -0.456 e. The molecule has 1 amide bonds. The molecule has 4 nitrogen and oxygen atoms in total. The molecule has 1 fully saturated rings. The Labute approximate surface area is 140 Å². The van der Waals surface area contributed by atoms with E-state index >= 15 is 0 Å². The molecular formula is C19H22FNO3. The zero-order valence-corrected chi connectivity index (χ0v) is 14.0. The van der Waals surface area contributed by atoms with E-state index in [0.717, 1.165) is 30.6 Å². The molecule has 24 heavy (non-hydrogen) atoms. The van der Waals surface area contributed by atoms with Gasteiger partial charge >= 0.3 is 0 Å². The molecule has 128 valence electrons. The van der Waals surface area contributed by atoms with Crippen LogP contribution >= 0.6 is 0 Å². The Hall–Kier alpha value is -2.14. The lowest BCUT2D eigenvalue weighted by Crippen LogP contribution is -2.36. The molecule has 0 radical (unpaired) electrons. The molecule has 1 aliphatic rings. The number of hydrogen-bond acceptors (Lipinski definition) is 3. The minimum absolute atomic E-state index is 0.142. The number of benzene rings is 1. The zero-order chi connectivity index (χ0) is 17.3. The first kappa shape index (κ1) is 16.7. The number of furan rings is 1. The third kappa shape index (κ3) is 3.51. The van der Waals surface area contributed by atoms with E-state index in [9.17, 15) is 14.3 Å². The van der Waals surface area contributed by atoms with Crippen LogP contribution in [0.1, 0.15) is 53.3 Å². The fourth-order valence-corrected chi connectivity index (χ4v) is 2.88. The monoisotopic (exact) mass is 331 g/mol. The van der Waals surface area contributed by atoms with Gasteiger partial charge in [0.05, 0.1) is 12.6 Å². The Morgan fingerprint density at radius 3 is 2.58 bits per heavy atom. The smallest absolute Gasteiger partial charge is 0.289 e. The van der Waals surface area contributed by atoms with Gasteiger partial charge in [-0.25, -0.2) is 4.39 Å². The zero-order valence-electron chi connectivity index (χ0n) is 14.0. The Bertz CT molecular complexity index is 719. The van der Waals surface area contributed by atoms with E-state index in [0.29, 0.717) is 11.3 Å². The maximum Gasteiger partial charge on any atom is 0.289 e. The van der Waals surface area contributed by atoms with Crippen LogP contribution in [0.5, 0.6) is 0 Å². The Morgan fingerprint density at radius 1 is 1.38 bits per heavy atom. The maximum absolute atomic E-state index is 13.0. The first-order valence-corrected chi connectivity index (χ1v) is 8.33. The quantitative estimate of drug-likeness (QED) is 0.879. The molecule has 2 aromatic rings. The van der Waals surface area contributed by atoms with Gasteiger partial charge in [-0.2, -0.15) is 0 Å². The molecule has 1 saturated carbocycles. The predicted molar refractivity (Wildman–Crippen MR) is 88.2 cm³/mol. The van der Waals surface area contributed by atoms with E-state index in [4.69, 9.17) is 4.42 Å². The van der Waals surface area contributed by atoms with Crippen molar-refractivity contribution < 1.29 is 18.7 Å². The summed E-state index contributed by atoms with van der Waals surface area (Å²) in [5.74, 6) is 0.594. The van der Waals surface area contributed by atoms with Crippen LogP contribution in [0.15, 0.2) is 34.7 Å². The van der Waals surface area contributed by atoms with Gasteiger partial charge < -0.3 is 14.4 Å². The highest BCUT2D eigenvalue weighted by molar-refractivity contribution is 5.92. The molecule has 0 spiro atoms. The number of rotatable bonds is 6. The summed E-state index contributed by atoms with van der Waals surface area (Å²) in [6.07, 6.45) is 1.75. The largest absolute Gasteiger partial charge is 0.456 e. The molecule has 1 heterocycles. The Balaban J connectivity index is 1.76. The first-order valence-electron chi connectivity index (χ1n) is 8.33. The second-order valence-electron chi connectivity index (χ2n) is 6.33. The van der Waals surface area contributed by atoms with Gasteiger partial charge in [0.1, 0.15) is 11.6 Å². The van der Waals surface area contributed by atoms with Gasteiger partial charge in [0.25, 0.3) is 5.91 Å². The van der Waals surface area contributed by atoms with Crippen LogP contribution in [-0.4, -0.2) is 28.5 Å². The number of aliphatic hydroxyl groups is 1. The lowest BCUT2D eigenvalue weighted by molar-refractivity contribution is 0.0572. The minimum atomic E-state index is -0.850. The van der Waals surface area contributed by atoms with E-state index in [1.165, 1.54) is 12.1 Å². The van der Waals surface area contributed by atoms with Crippen molar-refractivity contribution in [1.82, 2.24) is 4.90 Å². The number of halogens is 1. The van der Waals surface area contributed by atoms with Crippen molar-refractivity contribution in [3.05, 3.63) is 58.8 Å². The van der Waals surface area contributed by atoms with Crippen LogP contribution in [0, 0.1) is 12.7 Å². The lowest BCUT2D eigenvalue weighted by Gasteiger charge is -2.24. The van der Waals surface area contributed by atoms with Crippen molar-refractivity contribution in [2.45, 2.75) is 45.3 Å². The summed E-state index contributed by atoms with van der Waals surface area (Å²) >= 11 is 0. The standard InChI is InChI=1S/C19H22FNO3/c1-3-17-12(2)10-18(24-17)19(23)21(15-8-9-15)11-16(22)13-4-6-14(20)7-5-13/h4-7,10,15-16,22H,3,8-9,11H2,1-2H3. The van der Waals surface area contributed by atoms with Crippen LogP contribution in [0.4, 0.5) is 4.39 Å². The van der Waals surface area contributed by atoms with E-state index < -0.39 is 6.10 Å². The Morgan fingerprint density at radius 2 is 2.04 bits per heavy atom. The normalized spacial score (nSPS) is 15.3. The van der Waals surface area contributed by atoms with Gasteiger partial charge in [0, 0.05) is 12.5 Å². The fourth-order valence-electron chi connectivity index (χ4n) is 2.88. The summed E-state index contributed by atoms with van der Waals surface area (Å²) in [7, 11) is 0. The summed E-state index contributed by atoms with van der Waals surface area (Å²) in [6.45, 7) is 4.08. The predicted octanol–water partition coefficient (Wildman–Crippen LogP) is 3.63. The second-order valence-corrected chi connectivity index (χ2v) is 6.33. The number of hydrogen-bond donors (Lipinski definition) is 1. The van der Waals surface area contributed by atoms with Crippen molar-refractivity contribution in [3.8, 4) is 0 Å². The Kier molecular flexibility index (Phi) is 4.71. The average Bonchev–Trinajstić information content (AvgIpc) is 3.34. The third-order valence-corrected chi connectivity index (χ3v) is 4.43. The van der Waals surface area contributed by atoms with Gasteiger partial charge in [-0.3, -0.25) is 4.79 Å². The highest BCUT2D eigenvalue weighted by atomic mass is 19.1. The van der Waals surface area contributed by atoms with Gasteiger partial charge in [-0.15, -0.1) is 0 Å². The molecule has 0 saturated heterocycles. The van der Waals surface area contributed by atoms with Gasteiger partial charge in [0.2, 0.25) is 0 Å². The number of aliphatic hydroxyl groups excluding tert-OH is 1. The highest BCUT2D eigenvalue weighted by Crippen LogP contribution is 2.31. The van der Waals surface area contributed by atoms with Crippen molar-refractivity contribution in [3.63, 3.8) is 0 Å². The summed E-state index contributed by atoms with van der Waals surface area (Å²) < 4.78 is 18.7. The molecular weight excluding hydrogens is 309 g/mol. The van der Waals surface area contributed by atoms with Gasteiger partial charge in [-0.05, 0) is 49.1 Å². The molecule has 0 aliphatic heterocycles. The first-order chi connectivity index (χ1) is 11.5. The van der Waals surface area contributed by atoms with Crippen LogP contribution in [0.2, 0.25) is 0 Å². The van der Waals surface area contributed by atoms with Crippen molar-refractivity contribution in [1.29, 1.82) is 0 Å². The van der Waals surface area contributed by atoms with E-state index in [1.807, 2.05) is 13.8 Å². The molecule has 1 aliphatic carbocycles. The fraction of sp³-hybridized carbons (Fsp3) is 0.421. The van der Waals surface area contributed by atoms with E-state index in [-0.39, 0.29) is 24.3 Å². The van der Waals surface area contributed by atoms with E-state index in [1.54, 1.807) is 23.1 Å². The summed E-state index contributed by atoms with van der Waals surface area (Å²) in [4.78, 5) is 14.5. The van der Waals surface area contributed by atoms with E-state index in [2.05, 4.69) is 0 Å². The molecule has 5 heteroatoms. The third-order valence-electron chi connectivity index (χ3n) is 4.43. The van der Waals surface area contributed by atoms with Crippen LogP contribution in [0.3, 0.4) is 0 Å². The summed E-state index contributed by atoms with van der Waals surface area (Å²) in [5, 5.41) is 10.4. The van der Waals surface area contributed by atoms with Crippen LogP contribution < -0.4 is 0 Å². The number of amides is 1. The van der Waals surface area contributed by atoms with Gasteiger partial charge in [0.15, 0.2) is 5.76 Å². The molecule has 1 aromatic heterocycles. The maximum atomic E-state index is 13.0. The lowest BCUT2D eigenvalue weighted by atomic mass is 10.1. The van der Waals surface area contributed by atoms with Crippen molar-refractivity contribution >= 4 is 5.91 Å². The number of aryl methyl sites for hydroxylation is 2. The average molecular weight is 331 g/mol. The molecule has 1 N–H and O–H groups in total. The summed E-state index contributed by atoms with van der Waals surface area (Å²) in [6, 6.07) is 7.61. The molecule has 3 rings (SSSR count). The van der Waals surface area contributed by atoms with Crippen LogP contribution in [0.25, 0.3) is 0 Å². The second kappa shape index (κ2) is 6.77. The number of carbonyl (C=O) groups excluding carboxylic acids is 1. The molecule has 1 atom stereocenters. The van der Waals surface area contributed by atoms with Gasteiger partial charge in [-0.1, -0.05) is 19.1 Å². The van der Waals surface area contributed by atoms with Crippen molar-refractivity contribution in [2.75, 3.05) is 6.54 Å².